The molecule has 2 heterocycles. The SMILES string of the molecule is O=C1C[C@@H](C(=O)NCc2ccccc2Cn2cccn2)C2(CCCC2)O1. The van der Waals surface area contributed by atoms with E-state index in [1.165, 1.54) is 0 Å². The second-order valence-electron chi connectivity index (χ2n) is 7.19. The van der Waals surface area contributed by atoms with Crippen molar-refractivity contribution in [3.05, 3.63) is 53.9 Å². The van der Waals surface area contributed by atoms with E-state index >= 15 is 0 Å². The Kier molecular flexibility index (Phi) is 4.49. The first kappa shape index (κ1) is 16.8. The Morgan fingerprint density at radius 2 is 2.00 bits per heavy atom. The largest absolute Gasteiger partial charge is 0.458 e. The maximum absolute atomic E-state index is 12.8. The number of rotatable bonds is 5. The average Bonchev–Trinajstić information content (AvgIpc) is 3.37. The molecule has 1 saturated carbocycles. The molecule has 1 aromatic heterocycles. The summed E-state index contributed by atoms with van der Waals surface area (Å²) in [5.74, 6) is -0.687. The van der Waals surface area contributed by atoms with Crippen LogP contribution in [0.4, 0.5) is 0 Å². The molecular weight excluding hydrogens is 330 g/mol. The van der Waals surface area contributed by atoms with Gasteiger partial charge in [0.05, 0.1) is 18.9 Å². The molecule has 1 aromatic carbocycles. The summed E-state index contributed by atoms with van der Waals surface area (Å²) in [6.45, 7) is 1.10. The van der Waals surface area contributed by atoms with Crippen LogP contribution in [0.3, 0.4) is 0 Å². The fourth-order valence-corrected chi connectivity index (χ4v) is 4.21. The molecule has 1 saturated heterocycles. The van der Waals surface area contributed by atoms with Gasteiger partial charge in [0.25, 0.3) is 0 Å². The van der Waals surface area contributed by atoms with E-state index in [0.717, 1.165) is 36.8 Å². The van der Waals surface area contributed by atoms with Gasteiger partial charge in [0.15, 0.2) is 0 Å². The smallest absolute Gasteiger partial charge is 0.307 e. The van der Waals surface area contributed by atoms with Gasteiger partial charge in [-0.2, -0.15) is 5.10 Å². The average molecular weight is 353 g/mol. The third-order valence-corrected chi connectivity index (χ3v) is 5.55. The minimum absolute atomic E-state index is 0.0772. The van der Waals surface area contributed by atoms with E-state index < -0.39 is 5.60 Å². The highest BCUT2D eigenvalue weighted by molar-refractivity contribution is 5.87. The molecule has 0 radical (unpaired) electrons. The minimum atomic E-state index is -0.560. The van der Waals surface area contributed by atoms with Gasteiger partial charge in [-0.1, -0.05) is 24.3 Å². The molecule has 1 N–H and O–H groups in total. The van der Waals surface area contributed by atoms with E-state index in [1.807, 2.05) is 41.2 Å². The molecule has 6 heteroatoms. The zero-order chi connectivity index (χ0) is 18.0. The Morgan fingerprint density at radius 1 is 1.23 bits per heavy atom. The highest BCUT2D eigenvalue weighted by atomic mass is 16.6. The van der Waals surface area contributed by atoms with Crippen LogP contribution in [-0.4, -0.2) is 27.3 Å². The fourth-order valence-electron chi connectivity index (χ4n) is 4.21. The zero-order valence-electron chi connectivity index (χ0n) is 14.7. The van der Waals surface area contributed by atoms with Crippen LogP contribution in [-0.2, 0) is 27.4 Å². The molecule has 2 aliphatic rings. The van der Waals surface area contributed by atoms with Crippen LogP contribution in [0.5, 0.6) is 0 Å². The molecule has 0 unspecified atom stereocenters. The lowest BCUT2D eigenvalue weighted by Crippen LogP contribution is -2.42. The van der Waals surface area contributed by atoms with E-state index in [2.05, 4.69) is 10.4 Å². The lowest BCUT2D eigenvalue weighted by Gasteiger charge is -2.28. The van der Waals surface area contributed by atoms with E-state index in [0.29, 0.717) is 13.1 Å². The first-order valence-corrected chi connectivity index (χ1v) is 9.20. The Labute approximate surface area is 152 Å². The second kappa shape index (κ2) is 6.94. The van der Waals surface area contributed by atoms with Crippen LogP contribution in [0.15, 0.2) is 42.7 Å². The highest BCUT2D eigenvalue weighted by Crippen LogP contribution is 2.45. The van der Waals surface area contributed by atoms with Crippen molar-refractivity contribution >= 4 is 11.9 Å². The highest BCUT2D eigenvalue weighted by Gasteiger charge is 2.53. The maximum atomic E-state index is 12.8. The molecule has 2 aromatic rings. The van der Waals surface area contributed by atoms with Gasteiger partial charge in [-0.3, -0.25) is 14.3 Å². The predicted molar refractivity (Wildman–Crippen MR) is 95.0 cm³/mol. The molecule has 136 valence electrons. The molecule has 1 spiro atoms. The second-order valence-corrected chi connectivity index (χ2v) is 7.19. The standard InChI is InChI=1S/C20H23N3O3/c24-18-12-17(20(26-18)8-3-4-9-20)19(25)21-13-15-6-1-2-7-16(15)14-23-11-5-10-22-23/h1-2,5-7,10-11,17H,3-4,8-9,12-14H2,(H,21,25)/t17-/m0/s1. The summed E-state index contributed by atoms with van der Waals surface area (Å²) in [6.07, 6.45) is 7.50. The van der Waals surface area contributed by atoms with Gasteiger partial charge in [0, 0.05) is 18.9 Å². The number of benzene rings is 1. The number of nitrogens with zero attached hydrogens (tertiary/aromatic N) is 2. The normalized spacial score (nSPS) is 21.1. The van der Waals surface area contributed by atoms with Crippen LogP contribution in [0, 0.1) is 5.92 Å². The molecule has 26 heavy (non-hydrogen) atoms. The number of esters is 1. The van der Waals surface area contributed by atoms with Gasteiger partial charge in [-0.25, -0.2) is 0 Å². The first-order valence-electron chi connectivity index (χ1n) is 9.20. The van der Waals surface area contributed by atoms with Gasteiger partial charge in [0.2, 0.25) is 5.91 Å². The Hall–Kier alpha value is -2.63. The fraction of sp³-hybridized carbons (Fsp3) is 0.450. The van der Waals surface area contributed by atoms with E-state index in [-0.39, 0.29) is 24.2 Å². The number of carbonyl (C=O) groups excluding carboxylic acids is 2. The molecule has 6 nitrogen and oxygen atoms in total. The van der Waals surface area contributed by atoms with Crippen molar-refractivity contribution in [3.8, 4) is 0 Å². The molecule has 0 bridgehead atoms. The van der Waals surface area contributed by atoms with E-state index in [9.17, 15) is 9.59 Å². The molecule has 4 rings (SSSR count). The van der Waals surface area contributed by atoms with Crippen LogP contribution < -0.4 is 5.32 Å². The summed E-state index contributed by atoms with van der Waals surface area (Å²) >= 11 is 0. The van der Waals surface area contributed by atoms with Crippen LogP contribution in [0.2, 0.25) is 0 Å². The summed E-state index contributed by atoms with van der Waals surface area (Å²) in [7, 11) is 0. The third kappa shape index (κ3) is 3.23. The van der Waals surface area contributed by atoms with Crippen molar-refractivity contribution in [1.82, 2.24) is 15.1 Å². The number of hydrogen-bond acceptors (Lipinski definition) is 4. The lowest BCUT2D eigenvalue weighted by molar-refractivity contribution is -0.149. The summed E-state index contributed by atoms with van der Waals surface area (Å²) in [5.41, 5.74) is 1.61. The van der Waals surface area contributed by atoms with Crippen molar-refractivity contribution in [2.24, 2.45) is 5.92 Å². The lowest BCUT2D eigenvalue weighted by atomic mass is 9.85. The van der Waals surface area contributed by atoms with Gasteiger partial charge < -0.3 is 10.1 Å². The minimum Gasteiger partial charge on any atom is -0.458 e. The van der Waals surface area contributed by atoms with Crippen molar-refractivity contribution in [2.45, 2.75) is 50.8 Å². The summed E-state index contributed by atoms with van der Waals surface area (Å²) in [6, 6.07) is 9.91. The topological polar surface area (TPSA) is 73.2 Å². The summed E-state index contributed by atoms with van der Waals surface area (Å²) in [4.78, 5) is 24.6. The van der Waals surface area contributed by atoms with Crippen LogP contribution in [0.25, 0.3) is 0 Å². The Balaban J connectivity index is 1.44. The van der Waals surface area contributed by atoms with Gasteiger partial charge in [-0.05, 0) is 42.9 Å². The van der Waals surface area contributed by atoms with E-state index in [1.54, 1.807) is 6.20 Å². The zero-order valence-corrected chi connectivity index (χ0v) is 14.7. The Morgan fingerprint density at radius 3 is 2.73 bits per heavy atom. The Bertz CT molecular complexity index is 794. The van der Waals surface area contributed by atoms with E-state index in [4.69, 9.17) is 4.74 Å². The van der Waals surface area contributed by atoms with Crippen molar-refractivity contribution < 1.29 is 14.3 Å². The first-order chi connectivity index (χ1) is 12.7. The monoisotopic (exact) mass is 353 g/mol. The number of carbonyl (C=O) groups is 2. The number of ether oxygens (including phenoxy) is 1. The number of hydrogen-bond donors (Lipinski definition) is 1. The maximum Gasteiger partial charge on any atom is 0.307 e. The molecular formula is C20H23N3O3. The predicted octanol–water partition coefficient (Wildman–Crippen LogP) is 2.42. The van der Waals surface area contributed by atoms with Crippen molar-refractivity contribution in [2.75, 3.05) is 0 Å². The molecule has 1 atom stereocenters. The molecule has 2 fully saturated rings. The number of aromatic nitrogens is 2. The van der Waals surface area contributed by atoms with Gasteiger partial charge >= 0.3 is 5.97 Å². The quantitative estimate of drug-likeness (QED) is 0.838. The summed E-state index contributed by atoms with van der Waals surface area (Å²) < 4.78 is 7.44. The molecule has 1 aliphatic carbocycles. The molecule has 1 amide bonds. The molecule has 1 aliphatic heterocycles. The van der Waals surface area contributed by atoms with Gasteiger partial charge in [0.1, 0.15) is 5.60 Å². The number of amides is 1. The van der Waals surface area contributed by atoms with Gasteiger partial charge in [-0.15, -0.1) is 0 Å². The number of nitrogens with one attached hydrogen (secondary N) is 1. The summed E-state index contributed by atoms with van der Waals surface area (Å²) in [5, 5.41) is 7.27. The third-order valence-electron chi connectivity index (χ3n) is 5.55. The van der Waals surface area contributed by atoms with Crippen molar-refractivity contribution in [1.29, 1.82) is 0 Å². The van der Waals surface area contributed by atoms with Crippen LogP contribution in [0.1, 0.15) is 43.2 Å². The van der Waals surface area contributed by atoms with Crippen LogP contribution >= 0.6 is 0 Å². The van der Waals surface area contributed by atoms with Crippen molar-refractivity contribution in [3.63, 3.8) is 0 Å².